The topological polar surface area (TPSA) is 31.4 Å². The molecule has 106 valence electrons. The number of aromatic nitrogens is 1. The number of hydrogen-bond acceptors (Lipinski definition) is 4. The molecule has 4 nitrogen and oxygen atoms in total. The molecule has 2 rings (SSSR count). The van der Waals surface area contributed by atoms with Crippen LogP contribution in [-0.4, -0.2) is 50.2 Å². The van der Waals surface area contributed by atoms with Gasteiger partial charge in [0.05, 0.1) is 0 Å². The molecule has 1 aromatic rings. The lowest BCUT2D eigenvalue weighted by molar-refractivity contribution is 0.266. The normalized spacial score (nSPS) is 25.1. The van der Waals surface area contributed by atoms with Gasteiger partial charge in [-0.25, -0.2) is 4.98 Å². The van der Waals surface area contributed by atoms with Gasteiger partial charge in [0.1, 0.15) is 5.82 Å². The number of anilines is 1. The molecule has 0 spiro atoms. The first-order chi connectivity index (χ1) is 9.04. The molecule has 3 atom stereocenters. The van der Waals surface area contributed by atoms with E-state index >= 15 is 0 Å². The Hall–Kier alpha value is -1.13. The number of pyridine rings is 1. The van der Waals surface area contributed by atoms with E-state index in [4.69, 9.17) is 0 Å². The fourth-order valence-corrected chi connectivity index (χ4v) is 2.96. The molecule has 0 aromatic carbocycles. The summed E-state index contributed by atoms with van der Waals surface area (Å²) in [6, 6.07) is 5.14. The van der Waals surface area contributed by atoms with Gasteiger partial charge in [0.2, 0.25) is 0 Å². The monoisotopic (exact) mass is 262 g/mol. The quantitative estimate of drug-likeness (QED) is 0.896. The first-order valence-electron chi connectivity index (χ1n) is 7.08. The SMILES string of the molecule is CNC(C)c1cccnc1N1CC(C)C(N(C)C)C1. The van der Waals surface area contributed by atoms with E-state index in [0.29, 0.717) is 18.0 Å². The lowest BCUT2D eigenvalue weighted by atomic mass is 10.1. The zero-order valence-electron chi connectivity index (χ0n) is 12.7. The molecular formula is C15H26N4. The maximum absolute atomic E-state index is 4.63. The number of nitrogens with one attached hydrogen (secondary N) is 1. The molecule has 0 saturated carbocycles. The predicted molar refractivity (Wildman–Crippen MR) is 80.6 cm³/mol. The zero-order valence-corrected chi connectivity index (χ0v) is 12.7. The summed E-state index contributed by atoms with van der Waals surface area (Å²) in [6.07, 6.45) is 1.90. The van der Waals surface area contributed by atoms with Crippen molar-refractivity contribution < 1.29 is 0 Å². The Morgan fingerprint density at radius 1 is 1.42 bits per heavy atom. The second kappa shape index (κ2) is 5.88. The summed E-state index contributed by atoms with van der Waals surface area (Å²) in [5, 5.41) is 3.31. The lowest BCUT2D eigenvalue weighted by Gasteiger charge is -2.24. The van der Waals surface area contributed by atoms with E-state index in [-0.39, 0.29) is 0 Å². The third-order valence-electron chi connectivity index (χ3n) is 4.25. The molecule has 0 radical (unpaired) electrons. The Balaban J connectivity index is 2.24. The average Bonchev–Trinajstić information content (AvgIpc) is 2.80. The Bertz CT molecular complexity index is 418. The highest BCUT2D eigenvalue weighted by Crippen LogP contribution is 2.29. The molecule has 1 N–H and O–H groups in total. The van der Waals surface area contributed by atoms with E-state index in [1.54, 1.807) is 0 Å². The minimum Gasteiger partial charge on any atom is -0.354 e. The Kier molecular flexibility index (Phi) is 4.42. The van der Waals surface area contributed by atoms with Crippen LogP contribution in [0.3, 0.4) is 0 Å². The molecule has 0 aliphatic carbocycles. The van der Waals surface area contributed by atoms with Gasteiger partial charge in [0.15, 0.2) is 0 Å². The molecule has 1 fully saturated rings. The van der Waals surface area contributed by atoms with Crippen LogP contribution in [0.15, 0.2) is 18.3 Å². The molecule has 19 heavy (non-hydrogen) atoms. The summed E-state index contributed by atoms with van der Waals surface area (Å²) in [4.78, 5) is 9.38. The molecule has 0 bridgehead atoms. The van der Waals surface area contributed by atoms with Gasteiger partial charge < -0.3 is 15.1 Å². The van der Waals surface area contributed by atoms with Crippen molar-refractivity contribution >= 4 is 5.82 Å². The Morgan fingerprint density at radius 2 is 2.16 bits per heavy atom. The summed E-state index contributed by atoms with van der Waals surface area (Å²) in [5.74, 6) is 1.82. The predicted octanol–water partition coefficient (Wildman–Crippen LogP) is 1.75. The Labute approximate surface area is 116 Å². The minimum atomic E-state index is 0.331. The van der Waals surface area contributed by atoms with E-state index in [9.17, 15) is 0 Å². The first kappa shape index (κ1) is 14.3. The van der Waals surface area contributed by atoms with Crippen molar-refractivity contribution in [3.63, 3.8) is 0 Å². The molecule has 1 aliphatic heterocycles. The molecular weight excluding hydrogens is 236 g/mol. The lowest BCUT2D eigenvalue weighted by Crippen LogP contribution is -2.34. The molecule has 3 unspecified atom stereocenters. The van der Waals surface area contributed by atoms with Gasteiger partial charge in [-0.15, -0.1) is 0 Å². The average molecular weight is 262 g/mol. The third kappa shape index (κ3) is 2.90. The maximum Gasteiger partial charge on any atom is 0.133 e. The van der Waals surface area contributed by atoms with Gasteiger partial charge in [-0.2, -0.15) is 0 Å². The van der Waals surface area contributed by atoms with Crippen LogP contribution in [0.5, 0.6) is 0 Å². The molecule has 1 aliphatic rings. The van der Waals surface area contributed by atoms with E-state index < -0.39 is 0 Å². The molecule has 0 amide bonds. The van der Waals surface area contributed by atoms with Crippen LogP contribution < -0.4 is 10.2 Å². The van der Waals surface area contributed by atoms with Crippen molar-refractivity contribution in [2.24, 2.45) is 5.92 Å². The Morgan fingerprint density at radius 3 is 2.74 bits per heavy atom. The summed E-state index contributed by atoms with van der Waals surface area (Å²) >= 11 is 0. The van der Waals surface area contributed by atoms with E-state index in [1.165, 1.54) is 5.56 Å². The van der Waals surface area contributed by atoms with Gasteiger partial charge in [-0.1, -0.05) is 13.0 Å². The highest BCUT2D eigenvalue weighted by Gasteiger charge is 2.32. The van der Waals surface area contributed by atoms with Crippen LogP contribution in [0, 0.1) is 5.92 Å². The van der Waals surface area contributed by atoms with Gasteiger partial charge >= 0.3 is 0 Å². The first-order valence-corrected chi connectivity index (χ1v) is 7.08. The summed E-state index contributed by atoms with van der Waals surface area (Å²) in [6.45, 7) is 6.66. The van der Waals surface area contributed by atoms with Crippen molar-refractivity contribution in [3.8, 4) is 0 Å². The number of hydrogen-bond donors (Lipinski definition) is 1. The third-order valence-corrected chi connectivity index (χ3v) is 4.25. The fourth-order valence-electron chi connectivity index (χ4n) is 2.96. The number of likely N-dealkylation sites (N-methyl/N-ethyl adjacent to an activating group) is 1. The summed E-state index contributed by atoms with van der Waals surface area (Å²) < 4.78 is 0. The largest absolute Gasteiger partial charge is 0.354 e. The van der Waals surface area contributed by atoms with Gasteiger partial charge in [-0.3, -0.25) is 0 Å². The smallest absolute Gasteiger partial charge is 0.133 e. The second-order valence-corrected chi connectivity index (χ2v) is 5.84. The molecule has 1 aromatic heterocycles. The van der Waals surface area contributed by atoms with E-state index in [2.05, 4.69) is 54.1 Å². The van der Waals surface area contributed by atoms with Crippen molar-refractivity contribution in [3.05, 3.63) is 23.9 Å². The summed E-state index contributed by atoms with van der Waals surface area (Å²) in [7, 11) is 6.33. The molecule has 2 heterocycles. The molecule has 1 saturated heterocycles. The number of nitrogens with zero attached hydrogens (tertiary/aromatic N) is 3. The molecule has 4 heteroatoms. The van der Waals surface area contributed by atoms with Gasteiger partial charge in [-0.05, 0) is 40.1 Å². The van der Waals surface area contributed by atoms with Crippen molar-refractivity contribution in [1.82, 2.24) is 15.2 Å². The zero-order chi connectivity index (χ0) is 14.0. The maximum atomic E-state index is 4.63. The van der Waals surface area contributed by atoms with Gasteiger partial charge in [0, 0.05) is 36.9 Å². The summed E-state index contributed by atoms with van der Waals surface area (Å²) in [5.41, 5.74) is 1.29. The fraction of sp³-hybridized carbons (Fsp3) is 0.667. The van der Waals surface area contributed by atoms with Crippen molar-refractivity contribution in [2.75, 3.05) is 39.1 Å². The standard InChI is InChI=1S/C15H26N4/c1-11-9-19(10-14(11)18(4)5)15-13(12(2)16-3)7-6-8-17-15/h6-8,11-12,14,16H,9-10H2,1-5H3. The van der Waals surface area contributed by atoms with Crippen LogP contribution in [0.25, 0.3) is 0 Å². The van der Waals surface area contributed by atoms with Crippen LogP contribution in [0.4, 0.5) is 5.82 Å². The highest BCUT2D eigenvalue weighted by atomic mass is 15.3. The number of rotatable bonds is 4. The minimum absolute atomic E-state index is 0.331. The van der Waals surface area contributed by atoms with Crippen LogP contribution >= 0.6 is 0 Å². The van der Waals surface area contributed by atoms with Gasteiger partial charge in [0.25, 0.3) is 0 Å². The van der Waals surface area contributed by atoms with Crippen LogP contribution in [0.2, 0.25) is 0 Å². The van der Waals surface area contributed by atoms with Crippen LogP contribution in [0.1, 0.15) is 25.5 Å². The van der Waals surface area contributed by atoms with Crippen LogP contribution in [-0.2, 0) is 0 Å². The van der Waals surface area contributed by atoms with Crippen molar-refractivity contribution in [1.29, 1.82) is 0 Å². The van der Waals surface area contributed by atoms with E-state index in [0.717, 1.165) is 18.9 Å². The second-order valence-electron chi connectivity index (χ2n) is 5.84. The highest BCUT2D eigenvalue weighted by molar-refractivity contribution is 5.49. The van der Waals surface area contributed by atoms with E-state index in [1.807, 2.05) is 19.3 Å². The van der Waals surface area contributed by atoms with Crippen molar-refractivity contribution in [2.45, 2.75) is 25.9 Å².